The lowest BCUT2D eigenvalue weighted by atomic mass is 10.0. The molecule has 0 aromatic heterocycles. The molecular formula is C11H12O4. The van der Waals surface area contributed by atoms with Gasteiger partial charge in [-0.3, -0.25) is 4.79 Å². The maximum atomic E-state index is 11.7. The van der Waals surface area contributed by atoms with Crippen LogP contribution >= 0.6 is 0 Å². The second kappa shape index (κ2) is 3.90. The third kappa shape index (κ3) is 1.57. The van der Waals surface area contributed by atoms with Crippen molar-refractivity contribution in [1.82, 2.24) is 0 Å². The van der Waals surface area contributed by atoms with Crippen LogP contribution in [0.2, 0.25) is 0 Å². The van der Waals surface area contributed by atoms with Gasteiger partial charge in [0.1, 0.15) is 6.61 Å². The maximum Gasteiger partial charge on any atom is 0.192 e. The van der Waals surface area contributed by atoms with Crippen molar-refractivity contribution in [3.8, 4) is 11.5 Å². The molecule has 0 aliphatic carbocycles. The Bertz CT molecular complexity index is 398. The average molecular weight is 208 g/mol. The molecule has 1 heterocycles. The predicted molar refractivity (Wildman–Crippen MR) is 53.5 cm³/mol. The number of hydrogen-bond acceptors (Lipinski definition) is 4. The summed E-state index contributed by atoms with van der Waals surface area (Å²) in [7, 11) is 3.08. The zero-order valence-electron chi connectivity index (χ0n) is 8.70. The molecule has 0 radical (unpaired) electrons. The lowest BCUT2D eigenvalue weighted by Gasteiger charge is -2.19. The van der Waals surface area contributed by atoms with Gasteiger partial charge in [-0.2, -0.15) is 0 Å². The van der Waals surface area contributed by atoms with Crippen LogP contribution in [0.15, 0.2) is 12.1 Å². The van der Waals surface area contributed by atoms with Gasteiger partial charge in [-0.05, 0) is 11.6 Å². The van der Waals surface area contributed by atoms with Crippen LogP contribution in [0.1, 0.15) is 15.9 Å². The van der Waals surface area contributed by atoms with Crippen LogP contribution < -0.4 is 9.47 Å². The molecule has 15 heavy (non-hydrogen) atoms. The number of carbonyl (C=O) groups excluding carboxylic acids is 1. The number of benzene rings is 1. The average Bonchev–Trinajstić information content (AvgIpc) is 2.28. The lowest BCUT2D eigenvalue weighted by Crippen LogP contribution is -2.19. The fourth-order valence-electron chi connectivity index (χ4n) is 1.72. The lowest BCUT2D eigenvalue weighted by molar-refractivity contribution is 0.0659. The van der Waals surface area contributed by atoms with E-state index in [2.05, 4.69) is 0 Å². The topological polar surface area (TPSA) is 44.8 Å². The van der Waals surface area contributed by atoms with Crippen LogP contribution in [0, 0.1) is 0 Å². The molecule has 4 nitrogen and oxygen atoms in total. The van der Waals surface area contributed by atoms with Gasteiger partial charge < -0.3 is 14.2 Å². The first-order valence-electron chi connectivity index (χ1n) is 4.62. The summed E-state index contributed by atoms with van der Waals surface area (Å²) in [4.78, 5) is 11.7. The molecule has 80 valence electrons. The summed E-state index contributed by atoms with van der Waals surface area (Å²) in [5.74, 6) is 1.02. The molecule has 2 rings (SSSR count). The molecular weight excluding hydrogens is 196 g/mol. The van der Waals surface area contributed by atoms with Crippen molar-refractivity contribution in [2.75, 3.05) is 20.8 Å². The highest BCUT2D eigenvalue weighted by atomic mass is 16.5. The Labute approximate surface area is 87.8 Å². The van der Waals surface area contributed by atoms with Crippen LogP contribution in [0.5, 0.6) is 11.5 Å². The highest BCUT2D eigenvalue weighted by molar-refractivity contribution is 6.02. The Balaban J connectivity index is 2.61. The van der Waals surface area contributed by atoms with E-state index in [-0.39, 0.29) is 12.4 Å². The van der Waals surface area contributed by atoms with E-state index < -0.39 is 0 Å². The van der Waals surface area contributed by atoms with Gasteiger partial charge in [-0.25, -0.2) is 0 Å². The monoisotopic (exact) mass is 208 g/mol. The smallest absolute Gasteiger partial charge is 0.192 e. The number of Topliss-reactive ketones (excluding diaryl/α,β-unsaturated/α-hetero) is 1. The minimum atomic E-state index is -0.0630. The van der Waals surface area contributed by atoms with Gasteiger partial charge in [0, 0.05) is 0 Å². The molecule has 0 fully saturated rings. The number of rotatable bonds is 2. The van der Waals surface area contributed by atoms with Gasteiger partial charge in [0.25, 0.3) is 0 Å². The molecule has 1 aromatic carbocycles. The molecule has 0 spiro atoms. The Morgan fingerprint density at radius 3 is 2.67 bits per heavy atom. The van der Waals surface area contributed by atoms with E-state index in [1.165, 1.54) is 7.11 Å². The largest absolute Gasteiger partial charge is 0.493 e. The minimum absolute atomic E-state index is 0.0630. The highest BCUT2D eigenvalue weighted by Crippen LogP contribution is 2.35. The van der Waals surface area contributed by atoms with E-state index in [9.17, 15) is 4.79 Å². The van der Waals surface area contributed by atoms with Crippen molar-refractivity contribution in [1.29, 1.82) is 0 Å². The molecule has 1 aromatic rings. The zero-order valence-corrected chi connectivity index (χ0v) is 8.70. The van der Waals surface area contributed by atoms with E-state index in [4.69, 9.17) is 14.2 Å². The van der Waals surface area contributed by atoms with Crippen LogP contribution in [0.4, 0.5) is 0 Å². The molecule has 1 aliphatic heterocycles. The fourth-order valence-corrected chi connectivity index (χ4v) is 1.72. The molecule has 0 amide bonds. The molecule has 1 aliphatic rings. The fraction of sp³-hybridized carbons (Fsp3) is 0.364. The predicted octanol–water partition coefficient (Wildman–Crippen LogP) is 1.42. The molecule has 0 unspecified atom stereocenters. The summed E-state index contributed by atoms with van der Waals surface area (Å²) >= 11 is 0. The van der Waals surface area contributed by atoms with E-state index in [1.54, 1.807) is 13.2 Å². The summed E-state index contributed by atoms with van der Waals surface area (Å²) < 4.78 is 15.5. The van der Waals surface area contributed by atoms with Crippen molar-refractivity contribution in [3.05, 3.63) is 23.3 Å². The quantitative estimate of drug-likeness (QED) is 0.737. The molecule has 4 heteroatoms. The number of hydrogen-bond donors (Lipinski definition) is 0. The van der Waals surface area contributed by atoms with Gasteiger partial charge in [0.05, 0.1) is 26.4 Å². The van der Waals surface area contributed by atoms with Gasteiger partial charge in [0.15, 0.2) is 17.3 Å². The van der Waals surface area contributed by atoms with Gasteiger partial charge in [-0.15, -0.1) is 0 Å². The first-order chi connectivity index (χ1) is 7.27. The molecule has 0 atom stereocenters. The van der Waals surface area contributed by atoms with Crippen molar-refractivity contribution in [3.63, 3.8) is 0 Å². The number of fused-ring (bicyclic) bond motifs is 1. The van der Waals surface area contributed by atoms with Crippen LogP contribution in [0.25, 0.3) is 0 Å². The summed E-state index contributed by atoms with van der Waals surface area (Å²) in [6, 6.07) is 3.60. The van der Waals surface area contributed by atoms with Crippen molar-refractivity contribution >= 4 is 5.78 Å². The van der Waals surface area contributed by atoms with E-state index >= 15 is 0 Å². The first kappa shape index (κ1) is 9.98. The number of methoxy groups -OCH3 is 2. The standard InChI is InChI=1S/C11H12O4/c1-13-9-4-3-7-5-15-6-8(12)10(7)11(9)14-2/h3-4H,5-6H2,1-2H3. The minimum Gasteiger partial charge on any atom is -0.493 e. The van der Waals surface area contributed by atoms with Gasteiger partial charge in [0.2, 0.25) is 0 Å². The summed E-state index contributed by atoms with van der Waals surface area (Å²) in [5, 5.41) is 0. The number of ketones is 1. The van der Waals surface area contributed by atoms with Crippen LogP contribution in [0.3, 0.4) is 0 Å². The summed E-state index contributed by atoms with van der Waals surface area (Å²) in [6.07, 6.45) is 0. The highest BCUT2D eigenvalue weighted by Gasteiger charge is 2.24. The van der Waals surface area contributed by atoms with Crippen molar-refractivity contribution in [2.45, 2.75) is 6.61 Å². The maximum absolute atomic E-state index is 11.7. The second-order valence-corrected chi connectivity index (χ2v) is 3.25. The van der Waals surface area contributed by atoms with E-state index in [0.717, 1.165) is 5.56 Å². The SMILES string of the molecule is COc1ccc2c(c1OC)C(=O)COC2. The molecule has 0 bridgehead atoms. The third-order valence-electron chi connectivity index (χ3n) is 2.40. The van der Waals surface area contributed by atoms with Crippen molar-refractivity contribution < 1.29 is 19.0 Å². The van der Waals surface area contributed by atoms with E-state index in [0.29, 0.717) is 23.7 Å². The number of carbonyl (C=O) groups is 1. The Morgan fingerprint density at radius 1 is 1.20 bits per heavy atom. The Morgan fingerprint density at radius 2 is 2.00 bits per heavy atom. The molecule has 0 N–H and O–H groups in total. The number of ether oxygens (including phenoxy) is 3. The van der Waals surface area contributed by atoms with Crippen LogP contribution in [-0.4, -0.2) is 26.6 Å². The van der Waals surface area contributed by atoms with E-state index in [1.807, 2.05) is 6.07 Å². The summed E-state index contributed by atoms with van der Waals surface area (Å²) in [6.45, 7) is 0.554. The van der Waals surface area contributed by atoms with Gasteiger partial charge >= 0.3 is 0 Å². The normalized spacial score (nSPS) is 14.7. The zero-order chi connectivity index (χ0) is 10.8. The Hall–Kier alpha value is -1.55. The molecule has 0 saturated carbocycles. The summed E-state index contributed by atoms with van der Waals surface area (Å²) in [5.41, 5.74) is 1.44. The first-order valence-corrected chi connectivity index (χ1v) is 4.62. The molecule has 0 saturated heterocycles. The van der Waals surface area contributed by atoms with Crippen molar-refractivity contribution in [2.24, 2.45) is 0 Å². The third-order valence-corrected chi connectivity index (χ3v) is 2.40. The van der Waals surface area contributed by atoms with Crippen LogP contribution in [-0.2, 0) is 11.3 Å². The second-order valence-electron chi connectivity index (χ2n) is 3.25. The van der Waals surface area contributed by atoms with Gasteiger partial charge in [-0.1, -0.05) is 6.07 Å². The Kier molecular flexibility index (Phi) is 2.60.